The maximum atomic E-state index is 5.58. The molecule has 1 heterocycles. The van der Waals surface area contributed by atoms with E-state index in [2.05, 4.69) is 17.9 Å². The van der Waals surface area contributed by atoms with Gasteiger partial charge < -0.3 is 10.2 Å². The fraction of sp³-hybridized carbons (Fsp3) is 0.692. The number of nitrogens with two attached hydrogens (primary N) is 1. The summed E-state index contributed by atoms with van der Waals surface area (Å²) in [6, 6.07) is 2.10. The summed E-state index contributed by atoms with van der Waals surface area (Å²) >= 11 is 0. The second-order valence-electron chi connectivity index (χ2n) is 4.77. The quantitative estimate of drug-likeness (QED) is 0.803. The summed E-state index contributed by atoms with van der Waals surface area (Å²) in [5, 5.41) is 0. The van der Waals surface area contributed by atoms with Crippen molar-refractivity contribution in [3.8, 4) is 0 Å². The van der Waals surface area contributed by atoms with E-state index < -0.39 is 0 Å². The second-order valence-corrected chi connectivity index (χ2v) is 4.77. The average molecular weight is 222 g/mol. The number of aryl methyl sites for hydroxylation is 1. The Bertz CT molecular complexity index is 342. The van der Waals surface area contributed by atoms with Crippen LogP contribution in [0.2, 0.25) is 0 Å². The molecule has 1 fully saturated rings. The Kier molecular flexibility index (Phi) is 3.66. The molecule has 1 aliphatic rings. The molecule has 16 heavy (non-hydrogen) atoms. The zero-order chi connectivity index (χ0) is 11.5. The van der Waals surface area contributed by atoms with Crippen LogP contribution >= 0.6 is 0 Å². The smallest absolute Gasteiger partial charge is 0.118 e. The van der Waals surface area contributed by atoms with Crippen molar-refractivity contribution in [2.45, 2.75) is 39.8 Å². The molecule has 2 N–H and O–H groups in total. The third-order valence-corrected chi connectivity index (χ3v) is 3.33. The molecule has 0 radical (unpaired) electrons. The van der Waals surface area contributed by atoms with E-state index in [9.17, 15) is 0 Å². The van der Waals surface area contributed by atoms with E-state index in [4.69, 9.17) is 10.2 Å². The number of furan rings is 1. The van der Waals surface area contributed by atoms with Crippen molar-refractivity contribution in [2.24, 2.45) is 11.7 Å². The summed E-state index contributed by atoms with van der Waals surface area (Å²) in [6.45, 7) is 8.09. The third-order valence-electron chi connectivity index (χ3n) is 3.33. The minimum absolute atomic E-state index is 0.496. The fourth-order valence-electron chi connectivity index (χ4n) is 2.06. The van der Waals surface area contributed by atoms with Crippen molar-refractivity contribution in [1.82, 2.24) is 4.90 Å². The van der Waals surface area contributed by atoms with E-state index in [1.807, 2.05) is 6.92 Å². The van der Waals surface area contributed by atoms with E-state index >= 15 is 0 Å². The van der Waals surface area contributed by atoms with Gasteiger partial charge in [-0.25, -0.2) is 0 Å². The first-order valence-electron chi connectivity index (χ1n) is 6.23. The summed E-state index contributed by atoms with van der Waals surface area (Å²) in [5.74, 6) is 2.87. The molecule has 0 amide bonds. The molecule has 0 aliphatic heterocycles. The first-order chi connectivity index (χ1) is 7.72. The Hall–Kier alpha value is -0.800. The molecule has 2 rings (SSSR count). The minimum atomic E-state index is 0.496. The Morgan fingerprint density at radius 3 is 2.75 bits per heavy atom. The Labute approximate surface area is 97.6 Å². The van der Waals surface area contributed by atoms with Crippen LogP contribution in [-0.2, 0) is 13.1 Å². The van der Waals surface area contributed by atoms with Crippen molar-refractivity contribution in [1.29, 1.82) is 0 Å². The summed E-state index contributed by atoms with van der Waals surface area (Å²) in [4.78, 5) is 2.50. The van der Waals surface area contributed by atoms with Crippen molar-refractivity contribution in [3.05, 3.63) is 23.2 Å². The van der Waals surface area contributed by atoms with Gasteiger partial charge in [-0.05, 0) is 38.3 Å². The number of hydrogen-bond acceptors (Lipinski definition) is 3. The average Bonchev–Trinajstić information content (AvgIpc) is 3.02. The highest BCUT2D eigenvalue weighted by Crippen LogP contribution is 2.30. The monoisotopic (exact) mass is 222 g/mol. The summed E-state index contributed by atoms with van der Waals surface area (Å²) < 4.78 is 5.58. The molecule has 1 aromatic rings. The summed E-state index contributed by atoms with van der Waals surface area (Å²) in [5.41, 5.74) is 6.87. The molecular formula is C13H22N2O. The van der Waals surface area contributed by atoms with Crippen LogP contribution in [0.5, 0.6) is 0 Å². The molecule has 0 spiro atoms. The van der Waals surface area contributed by atoms with Gasteiger partial charge in [0, 0.05) is 18.7 Å². The lowest BCUT2D eigenvalue weighted by Gasteiger charge is -2.19. The van der Waals surface area contributed by atoms with E-state index in [1.54, 1.807) is 0 Å². The minimum Gasteiger partial charge on any atom is -0.465 e. The molecule has 0 atom stereocenters. The number of rotatable bonds is 6. The van der Waals surface area contributed by atoms with Crippen LogP contribution in [-0.4, -0.2) is 18.0 Å². The first-order valence-corrected chi connectivity index (χ1v) is 6.23. The Morgan fingerprint density at radius 1 is 1.50 bits per heavy atom. The normalized spacial score (nSPS) is 16.0. The maximum Gasteiger partial charge on any atom is 0.118 e. The fourth-order valence-corrected chi connectivity index (χ4v) is 2.06. The van der Waals surface area contributed by atoms with E-state index in [1.165, 1.54) is 24.9 Å². The van der Waals surface area contributed by atoms with Gasteiger partial charge in [0.2, 0.25) is 0 Å². The van der Waals surface area contributed by atoms with Crippen LogP contribution in [0.1, 0.15) is 36.8 Å². The molecule has 0 aromatic carbocycles. The second kappa shape index (κ2) is 5.02. The van der Waals surface area contributed by atoms with Gasteiger partial charge in [-0.1, -0.05) is 6.92 Å². The zero-order valence-corrected chi connectivity index (χ0v) is 10.3. The van der Waals surface area contributed by atoms with E-state index in [-0.39, 0.29) is 0 Å². The predicted octanol–water partition coefficient (Wildman–Crippen LogP) is 2.28. The van der Waals surface area contributed by atoms with Gasteiger partial charge in [0.05, 0.1) is 6.54 Å². The Morgan fingerprint density at radius 2 is 2.25 bits per heavy atom. The van der Waals surface area contributed by atoms with Crippen LogP contribution in [0.15, 0.2) is 10.5 Å². The van der Waals surface area contributed by atoms with Gasteiger partial charge in [0.1, 0.15) is 11.5 Å². The van der Waals surface area contributed by atoms with Crippen molar-refractivity contribution in [3.63, 3.8) is 0 Å². The largest absolute Gasteiger partial charge is 0.465 e. The number of nitrogens with zero attached hydrogens (tertiary/aromatic N) is 1. The van der Waals surface area contributed by atoms with Crippen LogP contribution in [0.25, 0.3) is 0 Å². The standard InChI is InChI=1S/C13H22N2O/c1-3-15(8-11-4-5-11)9-12-6-13(7-14)16-10(12)2/h6,11H,3-5,7-9,14H2,1-2H3. The van der Waals surface area contributed by atoms with Gasteiger partial charge in [-0.15, -0.1) is 0 Å². The lowest BCUT2D eigenvalue weighted by molar-refractivity contribution is 0.266. The van der Waals surface area contributed by atoms with Crippen LogP contribution < -0.4 is 5.73 Å². The van der Waals surface area contributed by atoms with Crippen molar-refractivity contribution in [2.75, 3.05) is 13.1 Å². The highest BCUT2D eigenvalue weighted by Gasteiger charge is 2.24. The molecule has 1 aliphatic carbocycles. The molecule has 0 saturated heterocycles. The van der Waals surface area contributed by atoms with Gasteiger partial charge in [-0.2, -0.15) is 0 Å². The van der Waals surface area contributed by atoms with Crippen molar-refractivity contribution < 1.29 is 4.42 Å². The third kappa shape index (κ3) is 2.86. The van der Waals surface area contributed by atoms with E-state index in [0.29, 0.717) is 6.54 Å². The van der Waals surface area contributed by atoms with Gasteiger partial charge in [0.25, 0.3) is 0 Å². The molecule has 1 saturated carbocycles. The van der Waals surface area contributed by atoms with Crippen LogP contribution in [0.3, 0.4) is 0 Å². The number of hydrogen-bond donors (Lipinski definition) is 1. The molecule has 3 nitrogen and oxygen atoms in total. The summed E-state index contributed by atoms with van der Waals surface area (Å²) in [6.07, 6.45) is 2.82. The maximum absolute atomic E-state index is 5.58. The predicted molar refractivity (Wildman–Crippen MR) is 65.0 cm³/mol. The molecule has 1 aromatic heterocycles. The molecule has 90 valence electrons. The molecular weight excluding hydrogens is 200 g/mol. The molecule has 3 heteroatoms. The molecule has 0 unspecified atom stereocenters. The topological polar surface area (TPSA) is 42.4 Å². The van der Waals surface area contributed by atoms with Gasteiger partial charge in [-0.3, -0.25) is 4.90 Å². The highest BCUT2D eigenvalue weighted by atomic mass is 16.3. The van der Waals surface area contributed by atoms with Crippen LogP contribution in [0.4, 0.5) is 0 Å². The molecule has 0 bridgehead atoms. The van der Waals surface area contributed by atoms with Gasteiger partial charge >= 0.3 is 0 Å². The van der Waals surface area contributed by atoms with Crippen molar-refractivity contribution >= 4 is 0 Å². The Balaban J connectivity index is 1.96. The zero-order valence-electron chi connectivity index (χ0n) is 10.3. The first kappa shape index (κ1) is 11.7. The SMILES string of the molecule is CCN(Cc1cc(CN)oc1C)CC1CC1. The summed E-state index contributed by atoms with van der Waals surface area (Å²) in [7, 11) is 0. The van der Waals surface area contributed by atoms with Crippen LogP contribution in [0, 0.1) is 12.8 Å². The highest BCUT2D eigenvalue weighted by molar-refractivity contribution is 5.20. The lowest BCUT2D eigenvalue weighted by atomic mass is 10.2. The van der Waals surface area contributed by atoms with Gasteiger partial charge in [0.15, 0.2) is 0 Å². The lowest BCUT2D eigenvalue weighted by Crippen LogP contribution is -2.25. The van der Waals surface area contributed by atoms with E-state index in [0.717, 1.165) is 30.5 Å².